The largest absolute Gasteiger partial charge is 0.508 e. The van der Waals surface area contributed by atoms with Gasteiger partial charge in [-0.15, -0.1) is 0 Å². The lowest BCUT2D eigenvalue weighted by atomic mass is 9.77. The number of aliphatic hydroxyl groups excluding tert-OH is 1. The molecule has 2 N–H and O–H groups in total. The molecule has 2 atom stereocenters. The lowest BCUT2D eigenvalue weighted by Gasteiger charge is -2.30. The summed E-state index contributed by atoms with van der Waals surface area (Å²) in [5, 5.41) is 20.4. The van der Waals surface area contributed by atoms with Crippen LogP contribution in [0.3, 0.4) is 0 Å². The zero-order chi connectivity index (χ0) is 34.7. The molecule has 5 rings (SSSR count). The smallest absolute Gasteiger partial charge is 0.119 e. The number of hydrogen-bond donors (Lipinski definition) is 2. The molecule has 1 aliphatic heterocycles. The Labute approximate surface area is 286 Å². The number of aromatic hydroxyl groups is 1. The molecule has 0 amide bonds. The molecule has 1 heterocycles. The van der Waals surface area contributed by atoms with Crippen molar-refractivity contribution in [3.63, 3.8) is 0 Å². The fourth-order valence-electron chi connectivity index (χ4n) is 5.93. The maximum atomic E-state index is 10.7. The molecule has 2 unspecified atom stereocenters. The summed E-state index contributed by atoms with van der Waals surface area (Å²) in [4.78, 5) is 0. The molecule has 0 aromatic heterocycles. The number of aliphatic hydroxyl groups is 1. The summed E-state index contributed by atoms with van der Waals surface area (Å²) < 4.78 is 23.5. The van der Waals surface area contributed by atoms with Crippen molar-refractivity contribution in [1.29, 1.82) is 0 Å². The van der Waals surface area contributed by atoms with Crippen LogP contribution in [0.2, 0.25) is 0 Å². The normalized spacial score (nSPS) is 16.1. The maximum Gasteiger partial charge on any atom is 0.119 e. The predicted molar refractivity (Wildman–Crippen MR) is 191 cm³/mol. The van der Waals surface area contributed by atoms with Crippen LogP contribution in [0.25, 0.3) is 0 Å². The van der Waals surface area contributed by atoms with Gasteiger partial charge >= 0.3 is 0 Å². The van der Waals surface area contributed by atoms with Gasteiger partial charge in [0.05, 0.1) is 31.0 Å². The van der Waals surface area contributed by atoms with Crippen molar-refractivity contribution in [2.24, 2.45) is 0 Å². The highest BCUT2D eigenvalue weighted by Crippen LogP contribution is 2.36. The van der Waals surface area contributed by atoms with Gasteiger partial charge in [-0.1, -0.05) is 100 Å². The zero-order valence-electron chi connectivity index (χ0n) is 29.7. The van der Waals surface area contributed by atoms with E-state index in [9.17, 15) is 10.2 Å². The molecule has 0 aliphatic carbocycles. The number of phenols is 1. The molecule has 0 spiro atoms. The lowest BCUT2D eigenvalue weighted by Crippen LogP contribution is -2.30. The molecule has 4 aromatic rings. The molecule has 6 heteroatoms. The van der Waals surface area contributed by atoms with Crippen LogP contribution in [0.1, 0.15) is 88.8 Å². The summed E-state index contributed by atoms with van der Waals surface area (Å²) in [6, 6.07) is 32.5. The Balaban J connectivity index is 1.11. The molecule has 1 aliphatic rings. The predicted octanol–water partition coefficient (Wildman–Crippen LogP) is 8.39. The first kappa shape index (κ1) is 35.6. The van der Waals surface area contributed by atoms with E-state index in [1.807, 2.05) is 38.1 Å². The van der Waals surface area contributed by atoms with E-state index in [1.54, 1.807) is 12.1 Å². The summed E-state index contributed by atoms with van der Waals surface area (Å²) in [5.74, 6) is 0.965. The van der Waals surface area contributed by atoms with Crippen molar-refractivity contribution in [2.45, 2.75) is 89.6 Å². The highest BCUT2D eigenvalue weighted by molar-refractivity contribution is 5.43. The van der Waals surface area contributed by atoms with E-state index in [0.717, 1.165) is 23.3 Å². The summed E-state index contributed by atoms with van der Waals surface area (Å²) in [6.45, 7) is 18.7. The molecule has 256 valence electrons. The molecule has 4 aromatic carbocycles. The third kappa shape index (κ3) is 8.48. The summed E-state index contributed by atoms with van der Waals surface area (Å²) >= 11 is 0. The first-order chi connectivity index (χ1) is 22.6. The van der Waals surface area contributed by atoms with Crippen molar-refractivity contribution < 1.29 is 29.2 Å². The second kappa shape index (κ2) is 14.0. The number of hydrogen-bond acceptors (Lipinski definition) is 6. The third-order valence-electron chi connectivity index (χ3n) is 9.88. The van der Waals surface area contributed by atoms with Crippen LogP contribution in [0.4, 0.5) is 0 Å². The molecule has 6 nitrogen and oxygen atoms in total. The Hall–Kier alpha value is -3.68. The van der Waals surface area contributed by atoms with Gasteiger partial charge in [-0.3, -0.25) is 0 Å². The minimum atomic E-state index is -0.781. The minimum Gasteiger partial charge on any atom is -0.508 e. The lowest BCUT2D eigenvalue weighted by molar-refractivity contribution is -0.0717. The first-order valence-electron chi connectivity index (χ1n) is 16.9. The van der Waals surface area contributed by atoms with Crippen LogP contribution < -0.4 is 4.74 Å². The Bertz CT molecular complexity index is 1610. The van der Waals surface area contributed by atoms with Crippen molar-refractivity contribution in [3.05, 3.63) is 130 Å². The molecular weight excluding hydrogens is 600 g/mol. The van der Waals surface area contributed by atoms with E-state index in [2.05, 4.69) is 102 Å². The van der Waals surface area contributed by atoms with Gasteiger partial charge in [-0.25, -0.2) is 0 Å². The van der Waals surface area contributed by atoms with Crippen LogP contribution >= 0.6 is 0 Å². The van der Waals surface area contributed by atoms with Crippen molar-refractivity contribution in [2.75, 3.05) is 26.4 Å². The molecule has 0 bridgehead atoms. The molecule has 48 heavy (non-hydrogen) atoms. The number of ether oxygens (including phenoxy) is 4. The molecule has 1 saturated heterocycles. The van der Waals surface area contributed by atoms with Gasteiger partial charge in [-0.05, 0) is 85.3 Å². The minimum absolute atomic E-state index is 0.130. The van der Waals surface area contributed by atoms with Crippen molar-refractivity contribution >= 4 is 0 Å². The average Bonchev–Trinajstić information content (AvgIpc) is 3.91. The van der Waals surface area contributed by atoms with Crippen LogP contribution in [0, 0.1) is 0 Å². The monoisotopic (exact) mass is 652 g/mol. The van der Waals surface area contributed by atoms with Gasteiger partial charge in [0.2, 0.25) is 0 Å². The Morgan fingerprint density at radius 2 is 0.958 bits per heavy atom. The number of epoxide rings is 1. The van der Waals surface area contributed by atoms with E-state index >= 15 is 0 Å². The van der Waals surface area contributed by atoms with Gasteiger partial charge in [0.1, 0.15) is 30.3 Å². The van der Waals surface area contributed by atoms with Crippen LogP contribution in [-0.4, -0.2) is 48.8 Å². The van der Waals surface area contributed by atoms with Crippen LogP contribution in [0.15, 0.2) is 97.1 Å². The molecular formula is C42H52O6. The van der Waals surface area contributed by atoms with Gasteiger partial charge < -0.3 is 29.2 Å². The Kier molecular flexibility index (Phi) is 10.4. The van der Waals surface area contributed by atoms with Crippen LogP contribution in [0.5, 0.6) is 11.5 Å². The number of rotatable bonds is 15. The van der Waals surface area contributed by atoms with E-state index < -0.39 is 11.7 Å². The maximum absolute atomic E-state index is 10.7. The quantitative estimate of drug-likeness (QED) is 0.126. The highest BCUT2D eigenvalue weighted by Gasteiger charge is 2.30. The zero-order valence-corrected chi connectivity index (χ0v) is 29.7. The van der Waals surface area contributed by atoms with Crippen molar-refractivity contribution in [1.82, 2.24) is 0 Å². The van der Waals surface area contributed by atoms with E-state index in [-0.39, 0.29) is 41.5 Å². The van der Waals surface area contributed by atoms with Gasteiger partial charge in [0.15, 0.2) is 0 Å². The topological polar surface area (TPSA) is 80.7 Å². The highest BCUT2D eigenvalue weighted by atomic mass is 16.6. The standard InChI is InChI=1S/C42H52O6/c1-39(2,31-17-21-35(43)22-18-31)29-9-13-33(14-10-29)41(5,6)47-26-36(44)25-45-37-23-19-32(20-24-37)40(3,4)30-11-15-34(16-12-30)42(7,8)48-28-38-27-46-38/h9-24,36,38,43-44H,25-28H2,1-8H3. The summed E-state index contributed by atoms with van der Waals surface area (Å²) in [7, 11) is 0. The summed E-state index contributed by atoms with van der Waals surface area (Å²) in [6.07, 6.45) is -0.540. The van der Waals surface area contributed by atoms with Gasteiger partial charge in [-0.2, -0.15) is 0 Å². The molecule has 1 fully saturated rings. The van der Waals surface area contributed by atoms with E-state index in [1.165, 1.54) is 16.7 Å². The molecule has 0 radical (unpaired) electrons. The van der Waals surface area contributed by atoms with Gasteiger partial charge in [0.25, 0.3) is 0 Å². The number of benzene rings is 4. The Morgan fingerprint density at radius 1 is 0.583 bits per heavy atom. The number of phenolic OH excluding ortho intramolecular Hbond substituents is 1. The average molecular weight is 653 g/mol. The van der Waals surface area contributed by atoms with Crippen LogP contribution in [-0.2, 0) is 36.2 Å². The first-order valence-corrected chi connectivity index (χ1v) is 16.9. The fourth-order valence-corrected chi connectivity index (χ4v) is 5.93. The van der Waals surface area contributed by atoms with E-state index in [4.69, 9.17) is 18.9 Å². The summed E-state index contributed by atoms with van der Waals surface area (Å²) in [5.41, 5.74) is 5.44. The SMILES string of the molecule is CC(C)(OCC(O)COc1ccc(C(C)(C)c2ccc(C(C)(C)OCC3CO3)cc2)cc1)c1ccc(C(C)(C)c2ccc(O)cc2)cc1. The fraction of sp³-hybridized carbons (Fsp3) is 0.429. The third-order valence-corrected chi connectivity index (χ3v) is 9.88. The second-order valence-corrected chi connectivity index (χ2v) is 15.0. The van der Waals surface area contributed by atoms with Crippen molar-refractivity contribution in [3.8, 4) is 11.5 Å². The molecule has 0 saturated carbocycles. The van der Waals surface area contributed by atoms with E-state index in [0.29, 0.717) is 12.4 Å². The van der Waals surface area contributed by atoms with Gasteiger partial charge in [0, 0.05) is 10.8 Å². The second-order valence-electron chi connectivity index (χ2n) is 15.0. The Morgan fingerprint density at radius 3 is 1.40 bits per heavy atom.